The van der Waals surface area contributed by atoms with Gasteiger partial charge in [0.05, 0.1) is 5.75 Å². The molecule has 1 N–H and O–H groups in total. The van der Waals surface area contributed by atoms with Gasteiger partial charge in [0.1, 0.15) is 11.9 Å². The average molecular weight is 303 g/mol. The molecule has 2 heterocycles. The van der Waals surface area contributed by atoms with Crippen molar-refractivity contribution in [3.8, 4) is 0 Å². The van der Waals surface area contributed by atoms with E-state index in [1.807, 2.05) is 0 Å². The number of hydrogen-bond donors (Lipinski definition) is 1. The topological polar surface area (TPSA) is 118 Å². The molecule has 0 bridgehead atoms. The summed E-state index contributed by atoms with van der Waals surface area (Å²) < 4.78 is 33.8. The van der Waals surface area contributed by atoms with Crippen molar-refractivity contribution in [3.63, 3.8) is 0 Å². The van der Waals surface area contributed by atoms with Crippen LogP contribution in [-0.4, -0.2) is 47.7 Å². The monoisotopic (exact) mass is 303 g/mol. The molecule has 1 aromatic heterocycles. The Morgan fingerprint density at radius 3 is 2.85 bits per heavy atom. The van der Waals surface area contributed by atoms with Crippen molar-refractivity contribution in [3.05, 3.63) is 18.1 Å². The Labute approximate surface area is 113 Å². The molecule has 1 amide bonds. The fourth-order valence-corrected chi connectivity index (χ4v) is 2.85. The molecule has 1 saturated heterocycles. The number of carboxylic acids is 1. The van der Waals surface area contributed by atoms with Gasteiger partial charge >= 0.3 is 16.2 Å². The van der Waals surface area contributed by atoms with Crippen molar-refractivity contribution in [2.24, 2.45) is 5.92 Å². The minimum atomic E-state index is -4.69. The number of hydrogen-bond acceptors (Lipinski definition) is 6. The van der Waals surface area contributed by atoms with E-state index < -0.39 is 33.8 Å². The Bertz CT molecular complexity index is 663. The highest BCUT2D eigenvalue weighted by Crippen LogP contribution is 2.26. The number of nitrogens with zero attached hydrogens (tertiary/aromatic N) is 3. The molecule has 1 aromatic rings. The first kappa shape index (κ1) is 14.3. The van der Waals surface area contributed by atoms with Crippen LogP contribution in [0, 0.1) is 5.92 Å². The number of rotatable bonds is 4. The molecular weight excluding hydrogens is 293 g/mol. The lowest BCUT2D eigenvalue weighted by Gasteiger charge is -2.16. The predicted octanol–water partition coefficient (Wildman–Crippen LogP) is -0.173. The molecule has 0 spiro atoms. The second-order valence-corrected chi connectivity index (χ2v) is 5.76. The molecule has 0 saturated carbocycles. The minimum Gasteiger partial charge on any atom is -0.477 e. The maximum absolute atomic E-state index is 12.6. The smallest absolute Gasteiger partial charge is 0.341 e. The Morgan fingerprint density at radius 1 is 1.55 bits per heavy atom. The second kappa shape index (κ2) is 5.12. The van der Waals surface area contributed by atoms with Crippen LogP contribution in [0.5, 0.6) is 0 Å². The van der Waals surface area contributed by atoms with Gasteiger partial charge in [-0.1, -0.05) is 0 Å². The Morgan fingerprint density at radius 2 is 2.25 bits per heavy atom. The average Bonchev–Trinajstić information content (AvgIpc) is 2.67. The zero-order valence-corrected chi connectivity index (χ0v) is 10.9. The lowest BCUT2D eigenvalue weighted by Crippen LogP contribution is -2.28. The van der Waals surface area contributed by atoms with Crippen molar-refractivity contribution < 1.29 is 27.0 Å². The van der Waals surface area contributed by atoms with Crippen molar-refractivity contribution in [2.45, 2.75) is 6.42 Å². The minimum absolute atomic E-state index is 0.0979. The number of carbonyl (C=O) groups is 2. The summed E-state index contributed by atoms with van der Waals surface area (Å²) in [7, 11) is -4.69. The Kier molecular flexibility index (Phi) is 3.66. The molecule has 108 valence electrons. The van der Waals surface area contributed by atoms with Crippen LogP contribution in [0.3, 0.4) is 0 Å². The number of anilines is 1. The summed E-state index contributed by atoms with van der Waals surface area (Å²) in [6, 6.07) is 0. The van der Waals surface area contributed by atoms with Gasteiger partial charge in [-0.05, 0) is 0 Å². The highest BCUT2D eigenvalue weighted by Gasteiger charge is 2.36. The van der Waals surface area contributed by atoms with E-state index in [9.17, 15) is 21.9 Å². The Hall–Kier alpha value is -2.10. The first-order valence-electron chi connectivity index (χ1n) is 5.54. The van der Waals surface area contributed by atoms with Crippen molar-refractivity contribution in [1.82, 2.24) is 9.97 Å². The molecule has 1 aliphatic rings. The largest absolute Gasteiger partial charge is 0.477 e. The summed E-state index contributed by atoms with van der Waals surface area (Å²) >= 11 is 0. The van der Waals surface area contributed by atoms with E-state index in [4.69, 9.17) is 5.11 Å². The van der Waals surface area contributed by atoms with Crippen LogP contribution < -0.4 is 4.90 Å². The zero-order valence-electron chi connectivity index (χ0n) is 10.1. The molecule has 0 aromatic carbocycles. The highest BCUT2D eigenvalue weighted by atomic mass is 32.3. The van der Waals surface area contributed by atoms with Crippen molar-refractivity contribution >= 4 is 27.9 Å². The van der Waals surface area contributed by atoms with E-state index in [1.54, 1.807) is 0 Å². The summed E-state index contributed by atoms with van der Waals surface area (Å²) in [6.07, 6.45) is 1.94. The third-order valence-electron chi connectivity index (χ3n) is 2.82. The van der Waals surface area contributed by atoms with Gasteiger partial charge in [-0.15, -0.1) is 3.89 Å². The molecule has 8 nitrogen and oxygen atoms in total. The molecule has 0 aliphatic carbocycles. The highest BCUT2D eigenvalue weighted by molar-refractivity contribution is 7.86. The molecule has 2 rings (SSSR count). The quantitative estimate of drug-likeness (QED) is 0.767. The van der Waals surface area contributed by atoms with Crippen LogP contribution in [0.1, 0.15) is 16.8 Å². The standard InChI is InChI=1S/C10H10FN3O5S/c11-20(18,19)4-6-1-8(15)14(3-6)9-7(10(16)17)2-12-5-13-9/h2,5-6H,1,3-4H2,(H,16,17). The van der Waals surface area contributed by atoms with Gasteiger partial charge in [-0.3, -0.25) is 9.69 Å². The van der Waals surface area contributed by atoms with Gasteiger partial charge in [0.15, 0.2) is 5.82 Å². The van der Waals surface area contributed by atoms with Gasteiger partial charge in [-0.2, -0.15) is 8.42 Å². The third kappa shape index (κ3) is 3.07. The molecular formula is C10H10FN3O5S. The van der Waals surface area contributed by atoms with E-state index in [-0.39, 0.29) is 24.3 Å². The molecule has 1 aliphatic heterocycles. The van der Waals surface area contributed by atoms with E-state index in [0.717, 1.165) is 17.4 Å². The fourth-order valence-electron chi connectivity index (χ4n) is 2.07. The van der Waals surface area contributed by atoms with Crippen LogP contribution in [0.4, 0.5) is 9.70 Å². The van der Waals surface area contributed by atoms with Crippen molar-refractivity contribution in [1.29, 1.82) is 0 Å². The van der Waals surface area contributed by atoms with Gasteiger partial charge in [0, 0.05) is 25.1 Å². The summed E-state index contributed by atoms with van der Waals surface area (Å²) in [4.78, 5) is 31.2. The Balaban J connectivity index is 2.27. The number of aromatic nitrogens is 2. The molecule has 1 fully saturated rings. The van der Waals surface area contributed by atoms with Crippen LogP contribution in [0.2, 0.25) is 0 Å². The molecule has 20 heavy (non-hydrogen) atoms. The van der Waals surface area contributed by atoms with Crippen LogP contribution >= 0.6 is 0 Å². The summed E-state index contributed by atoms with van der Waals surface area (Å²) in [5, 5.41) is 8.99. The first-order chi connectivity index (χ1) is 9.28. The van der Waals surface area contributed by atoms with Gasteiger partial charge < -0.3 is 5.11 Å². The van der Waals surface area contributed by atoms with E-state index in [0.29, 0.717) is 0 Å². The third-order valence-corrected chi connectivity index (χ3v) is 3.69. The molecule has 1 atom stereocenters. The lowest BCUT2D eigenvalue weighted by atomic mass is 10.1. The van der Waals surface area contributed by atoms with Gasteiger partial charge in [0.2, 0.25) is 5.91 Å². The molecule has 10 heteroatoms. The summed E-state index contributed by atoms with van der Waals surface area (Å²) in [5.74, 6) is -3.43. The van der Waals surface area contributed by atoms with E-state index >= 15 is 0 Å². The van der Waals surface area contributed by atoms with E-state index in [1.165, 1.54) is 0 Å². The number of halogens is 1. The number of aromatic carboxylic acids is 1. The maximum atomic E-state index is 12.6. The molecule has 0 radical (unpaired) electrons. The van der Waals surface area contributed by atoms with Crippen LogP contribution in [-0.2, 0) is 15.0 Å². The van der Waals surface area contributed by atoms with Gasteiger partial charge in [0.25, 0.3) is 0 Å². The van der Waals surface area contributed by atoms with Crippen LogP contribution in [0.15, 0.2) is 12.5 Å². The summed E-state index contributed by atoms with van der Waals surface area (Å²) in [5.41, 5.74) is -0.274. The second-order valence-electron chi connectivity index (χ2n) is 4.35. The normalized spacial score (nSPS) is 19.4. The van der Waals surface area contributed by atoms with Gasteiger partial charge in [-0.25, -0.2) is 14.8 Å². The van der Waals surface area contributed by atoms with Crippen molar-refractivity contribution in [2.75, 3.05) is 17.2 Å². The SMILES string of the molecule is O=C(O)c1cncnc1N1CC(CS(=O)(=O)F)CC1=O. The lowest BCUT2D eigenvalue weighted by molar-refractivity contribution is -0.117. The molecule has 1 unspecified atom stereocenters. The number of amides is 1. The fraction of sp³-hybridized carbons (Fsp3) is 0.400. The van der Waals surface area contributed by atoms with Crippen LogP contribution in [0.25, 0.3) is 0 Å². The summed E-state index contributed by atoms with van der Waals surface area (Å²) in [6.45, 7) is -0.0979. The number of carboxylic acid groups (broad SMARTS) is 1. The van der Waals surface area contributed by atoms with E-state index in [2.05, 4.69) is 9.97 Å². The predicted molar refractivity (Wildman–Crippen MR) is 64.3 cm³/mol. The zero-order chi connectivity index (χ0) is 14.9. The number of carbonyl (C=O) groups excluding carboxylic acids is 1. The maximum Gasteiger partial charge on any atom is 0.341 e. The first-order valence-corrected chi connectivity index (χ1v) is 7.09.